The van der Waals surface area contributed by atoms with E-state index in [0.717, 1.165) is 6.04 Å². The fourth-order valence-corrected chi connectivity index (χ4v) is 3.43. The first-order valence-corrected chi connectivity index (χ1v) is 7.34. The third-order valence-corrected chi connectivity index (χ3v) is 4.63. The van der Waals surface area contributed by atoms with E-state index in [0.29, 0.717) is 0 Å². The van der Waals surface area contributed by atoms with E-state index in [1.165, 1.54) is 63.1 Å². The highest BCUT2D eigenvalue weighted by Crippen LogP contribution is 2.21. The number of fused-ring (bicyclic) bond motifs is 1. The lowest BCUT2D eigenvalue weighted by Crippen LogP contribution is -2.50. The molecule has 1 aromatic rings. The largest absolute Gasteiger partial charge is 0.300 e. The maximum Gasteiger partial charge on any atom is 0.0224 e. The second-order valence-corrected chi connectivity index (χ2v) is 5.81. The lowest BCUT2D eigenvalue weighted by atomic mass is 10.1. The SMILES string of the molecule is Cc1ccccc1CCN1CCN2CCCC2C1. The second-order valence-electron chi connectivity index (χ2n) is 5.81. The van der Waals surface area contributed by atoms with E-state index in [2.05, 4.69) is 41.0 Å². The predicted molar refractivity (Wildman–Crippen MR) is 75.9 cm³/mol. The molecule has 2 nitrogen and oxygen atoms in total. The van der Waals surface area contributed by atoms with Crippen molar-refractivity contribution in [1.29, 1.82) is 0 Å². The van der Waals surface area contributed by atoms with Crippen LogP contribution in [0.25, 0.3) is 0 Å². The van der Waals surface area contributed by atoms with Crippen LogP contribution >= 0.6 is 0 Å². The van der Waals surface area contributed by atoms with Crippen LogP contribution in [0.2, 0.25) is 0 Å². The third kappa shape index (κ3) is 2.60. The van der Waals surface area contributed by atoms with Gasteiger partial charge in [0.15, 0.2) is 0 Å². The summed E-state index contributed by atoms with van der Waals surface area (Å²) in [6.07, 6.45) is 4.04. The first-order valence-electron chi connectivity index (χ1n) is 7.34. The Kier molecular flexibility index (Phi) is 3.67. The van der Waals surface area contributed by atoms with Gasteiger partial charge in [0.05, 0.1) is 0 Å². The van der Waals surface area contributed by atoms with Crippen molar-refractivity contribution in [1.82, 2.24) is 9.80 Å². The van der Waals surface area contributed by atoms with Gasteiger partial charge in [-0.1, -0.05) is 24.3 Å². The zero-order chi connectivity index (χ0) is 12.4. The van der Waals surface area contributed by atoms with Crippen molar-refractivity contribution in [3.8, 4) is 0 Å². The highest BCUT2D eigenvalue weighted by atomic mass is 15.3. The van der Waals surface area contributed by atoms with Gasteiger partial charge in [0, 0.05) is 32.2 Å². The number of hydrogen-bond donors (Lipinski definition) is 0. The topological polar surface area (TPSA) is 6.48 Å². The highest BCUT2D eigenvalue weighted by Gasteiger charge is 2.29. The molecule has 0 aromatic heterocycles. The molecule has 1 aromatic carbocycles. The van der Waals surface area contributed by atoms with Crippen molar-refractivity contribution in [3.63, 3.8) is 0 Å². The Morgan fingerprint density at radius 3 is 2.94 bits per heavy atom. The van der Waals surface area contributed by atoms with Crippen LogP contribution in [-0.4, -0.2) is 48.6 Å². The Morgan fingerprint density at radius 2 is 2.06 bits per heavy atom. The molecule has 0 aliphatic carbocycles. The average Bonchev–Trinajstić information content (AvgIpc) is 2.85. The van der Waals surface area contributed by atoms with Crippen LogP contribution in [0.3, 0.4) is 0 Å². The summed E-state index contributed by atoms with van der Waals surface area (Å²) in [5, 5.41) is 0. The number of piperazine rings is 1. The number of aryl methyl sites for hydroxylation is 1. The van der Waals surface area contributed by atoms with Crippen LogP contribution in [0.5, 0.6) is 0 Å². The number of rotatable bonds is 3. The number of nitrogens with zero attached hydrogens (tertiary/aromatic N) is 2. The fraction of sp³-hybridized carbons (Fsp3) is 0.625. The molecule has 0 radical (unpaired) electrons. The van der Waals surface area contributed by atoms with Crippen LogP contribution in [0.1, 0.15) is 24.0 Å². The standard InChI is InChI=1S/C16H24N2/c1-14-5-2-3-6-15(14)8-10-17-11-12-18-9-4-7-16(18)13-17/h2-3,5-6,16H,4,7-13H2,1H3. The fourth-order valence-electron chi connectivity index (χ4n) is 3.43. The van der Waals surface area contributed by atoms with Crippen molar-refractivity contribution in [2.45, 2.75) is 32.2 Å². The van der Waals surface area contributed by atoms with E-state index < -0.39 is 0 Å². The van der Waals surface area contributed by atoms with Gasteiger partial charge in [-0.3, -0.25) is 4.90 Å². The minimum absolute atomic E-state index is 0.857. The first kappa shape index (κ1) is 12.2. The van der Waals surface area contributed by atoms with Crippen LogP contribution in [0.4, 0.5) is 0 Å². The van der Waals surface area contributed by atoms with Gasteiger partial charge in [-0.2, -0.15) is 0 Å². The van der Waals surface area contributed by atoms with Crippen LogP contribution in [0.15, 0.2) is 24.3 Å². The van der Waals surface area contributed by atoms with Gasteiger partial charge >= 0.3 is 0 Å². The van der Waals surface area contributed by atoms with Gasteiger partial charge in [0.25, 0.3) is 0 Å². The quantitative estimate of drug-likeness (QED) is 0.805. The van der Waals surface area contributed by atoms with Crippen LogP contribution < -0.4 is 0 Å². The van der Waals surface area contributed by atoms with Gasteiger partial charge in [0.1, 0.15) is 0 Å². The van der Waals surface area contributed by atoms with Crippen molar-refractivity contribution >= 4 is 0 Å². The molecule has 0 saturated carbocycles. The molecule has 2 fully saturated rings. The normalized spacial score (nSPS) is 25.3. The van der Waals surface area contributed by atoms with E-state index in [1.807, 2.05) is 0 Å². The Bertz CT molecular complexity index is 402. The molecular formula is C16H24N2. The van der Waals surface area contributed by atoms with Crippen molar-refractivity contribution in [3.05, 3.63) is 35.4 Å². The molecule has 2 saturated heterocycles. The summed E-state index contributed by atoms with van der Waals surface area (Å²) in [6, 6.07) is 9.66. The summed E-state index contributed by atoms with van der Waals surface area (Å²) >= 11 is 0. The lowest BCUT2D eigenvalue weighted by Gasteiger charge is -2.37. The highest BCUT2D eigenvalue weighted by molar-refractivity contribution is 5.25. The van der Waals surface area contributed by atoms with Crippen molar-refractivity contribution < 1.29 is 0 Å². The second kappa shape index (κ2) is 5.41. The zero-order valence-electron chi connectivity index (χ0n) is 11.4. The minimum Gasteiger partial charge on any atom is -0.300 e. The van der Waals surface area contributed by atoms with E-state index in [-0.39, 0.29) is 0 Å². The molecular weight excluding hydrogens is 220 g/mol. The third-order valence-electron chi connectivity index (χ3n) is 4.63. The van der Waals surface area contributed by atoms with E-state index >= 15 is 0 Å². The molecule has 98 valence electrons. The van der Waals surface area contributed by atoms with Gasteiger partial charge in [-0.15, -0.1) is 0 Å². The molecule has 18 heavy (non-hydrogen) atoms. The first-order chi connectivity index (χ1) is 8.83. The molecule has 0 N–H and O–H groups in total. The Labute approximate surface area is 111 Å². The summed E-state index contributed by atoms with van der Waals surface area (Å²) in [6.45, 7) is 8.66. The average molecular weight is 244 g/mol. The van der Waals surface area contributed by atoms with Gasteiger partial charge in [-0.25, -0.2) is 0 Å². The monoisotopic (exact) mass is 244 g/mol. The van der Waals surface area contributed by atoms with Crippen LogP contribution in [-0.2, 0) is 6.42 Å². The number of benzene rings is 1. The maximum atomic E-state index is 2.68. The molecule has 1 unspecified atom stereocenters. The Hall–Kier alpha value is -0.860. The number of hydrogen-bond acceptors (Lipinski definition) is 2. The molecule has 2 heterocycles. The van der Waals surface area contributed by atoms with E-state index in [4.69, 9.17) is 0 Å². The Morgan fingerprint density at radius 1 is 1.17 bits per heavy atom. The smallest absolute Gasteiger partial charge is 0.0224 e. The molecule has 3 rings (SSSR count). The minimum atomic E-state index is 0.857. The molecule has 2 heteroatoms. The van der Waals surface area contributed by atoms with Gasteiger partial charge in [-0.05, 0) is 43.9 Å². The molecule has 0 amide bonds. The summed E-state index contributed by atoms with van der Waals surface area (Å²) in [4.78, 5) is 5.35. The Balaban J connectivity index is 1.53. The molecule has 0 bridgehead atoms. The summed E-state index contributed by atoms with van der Waals surface area (Å²) in [5.74, 6) is 0. The van der Waals surface area contributed by atoms with E-state index in [1.54, 1.807) is 0 Å². The van der Waals surface area contributed by atoms with Gasteiger partial charge in [0.2, 0.25) is 0 Å². The van der Waals surface area contributed by atoms with Crippen molar-refractivity contribution in [2.24, 2.45) is 0 Å². The molecule has 2 aliphatic heterocycles. The van der Waals surface area contributed by atoms with Crippen molar-refractivity contribution in [2.75, 3.05) is 32.7 Å². The maximum absolute atomic E-state index is 2.68. The summed E-state index contributed by atoms with van der Waals surface area (Å²) in [7, 11) is 0. The molecule has 0 spiro atoms. The summed E-state index contributed by atoms with van der Waals surface area (Å²) in [5.41, 5.74) is 2.96. The molecule has 2 aliphatic rings. The predicted octanol–water partition coefficient (Wildman–Crippen LogP) is 2.32. The van der Waals surface area contributed by atoms with E-state index in [9.17, 15) is 0 Å². The zero-order valence-corrected chi connectivity index (χ0v) is 11.4. The lowest BCUT2D eigenvalue weighted by molar-refractivity contribution is 0.105. The van der Waals surface area contributed by atoms with Gasteiger partial charge < -0.3 is 4.90 Å². The summed E-state index contributed by atoms with van der Waals surface area (Å²) < 4.78 is 0. The van der Waals surface area contributed by atoms with Crippen LogP contribution in [0, 0.1) is 6.92 Å². The molecule has 1 atom stereocenters.